The lowest BCUT2D eigenvalue weighted by Gasteiger charge is -2.32. The summed E-state index contributed by atoms with van der Waals surface area (Å²) in [6, 6.07) is 5.38. The third kappa shape index (κ3) is 6.48. The molecule has 10 heteroatoms. The predicted molar refractivity (Wildman–Crippen MR) is 118 cm³/mol. The molecule has 0 radical (unpaired) electrons. The van der Waals surface area contributed by atoms with Gasteiger partial charge >= 0.3 is 0 Å². The average Bonchev–Trinajstić information content (AvgIpc) is 2.77. The first-order valence-electron chi connectivity index (χ1n) is 10.3. The minimum atomic E-state index is -3.14. The summed E-state index contributed by atoms with van der Waals surface area (Å²) in [7, 11) is -0.0200. The van der Waals surface area contributed by atoms with Crippen LogP contribution in [-0.4, -0.2) is 76.0 Å². The van der Waals surface area contributed by atoms with E-state index in [1.807, 2.05) is 6.92 Å². The summed E-state index contributed by atoms with van der Waals surface area (Å²) in [5.74, 6) is 1.92. The van der Waals surface area contributed by atoms with Crippen molar-refractivity contribution in [3.63, 3.8) is 0 Å². The van der Waals surface area contributed by atoms with Gasteiger partial charge in [-0.2, -0.15) is 0 Å². The highest BCUT2D eigenvalue weighted by Gasteiger charge is 2.27. The SMILES string of the molecule is CCNC(=NCC(O)c1cc(OC)ccc1OC)NC1CCN(S(=O)(=O)CC)CC1. The first-order valence-corrected chi connectivity index (χ1v) is 11.9. The second kappa shape index (κ2) is 11.4. The summed E-state index contributed by atoms with van der Waals surface area (Å²) >= 11 is 0. The van der Waals surface area contributed by atoms with Crippen LogP contribution < -0.4 is 20.1 Å². The fourth-order valence-electron chi connectivity index (χ4n) is 3.35. The number of aliphatic hydroxyl groups excluding tert-OH is 1. The van der Waals surface area contributed by atoms with Gasteiger partial charge < -0.3 is 25.2 Å². The van der Waals surface area contributed by atoms with Gasteiger partial charge in [-0.15, -0.1) is 0 Å². The zero-order valence-corrected chi connectivity index (χ0v) is 19.0. The highest BCUT2D eigenvalue weighted by Crippen LogP contribution is 2.29. The highest BCUT2D eigenvalue weighted by atomic mass is 32.2. The fraction of sp³-hybridized carbons (Fsp3) is 0.650. The summed E-state index contributed by atoms with van der Waals surface area (Å²) in [6.07, 6.45) is 0.549. The molecule has 30 heavy (non-hydrogen) atoms. The largest absolute Gasteiger partial charge is 0.497 e. The molecule has 1 aromatic rings. The van der Waals surface area contributed by atoms with E-state index in [0.29, 0.717) is 55.5 Å². The van der Waals surface area contributed by atoms with E-state index in [1.54, 1.807) is 43.6 Å². The molecule has 1 aliphatic heterocycles. The molecule has 2 rings (SSSR count). The molecule has 0 saturated carbocycles. The molecule has 0 bridgehead atoms. The minimum Gasteiger partial charge on any atom is -0.497 e. The summed E-state index contributed by atoms with van der Waals surface area (Å²) < 4.78 is 36.2. The predicted octanol–water partition coefficient (Wildman–Crippen LogP) is 1.11. The molecular weight excluding hydrogens is 408 g/mol. The summed E-state index contributed by atoms with van der Waals surface area (Å²) in [6.45, 7) is 5.44. The molecule has 9 nitrogen and oxygen atoms in total. The van der Waals surface area contributed by atoms with Gasteiger partial charge in [-0.25, -0.2) is 12.7 Å². The molecule has 1 heterocycles. The molecule has 0 aliphatic carbocycles. The zero-order chi connectivity index (χ0) is 22.1. The van der Waals surface area contributed by atoms with Gasteiger partial charge in [-0.3, -0.25) is 4.99 Å². The van der Waals surface area contributed by atoms with Crippen molar-refractivity contribution in [1.82, 2.24) is 14.9 Å². The van der Waals surface area contributed by atoms with E-state index in [2.05, 4.69) is 15.6 Å². The molecule has 1 fully saturated rings. The number of methoxy groups -OCH3 is 2. The Labute approximate surface area is 179 Å². The van der Waals surface area contributed by atoms with Crippen molar-refractivity contribution in [3.05, 3.63) is 23.8 Å². The maximum Gasteiger partial charge on any atom is 0.213 e. The van der Waals surface area contributed by atoms with E-state index in [4.69, 9.17) is 9.47 Å². The molecular formula is C20H34N4O5S. The Morgan fingerprint density at radius 3 is 2.53 bits per heavy atom. The quantitative estimate of drug-likeness (QED) is 0.388. The number of nitrogens with zero attached hydrogens (tertiary/aromatic N) is 2. The summed E-state index contributed by atoms with van der Waals surface area (Å²) in [5, 5.41) is 17.2. The number of ether oxygens (including phenoxy) is 2. The van der Waals surface area contributed by atoms with Gasteiger partial charge in [0.15, 0.2) is 5.96 Å². The van der Waals surface area contributed by atoms with Gasteiger partial charge in [0.2, 0.25) is 10.0 Å². The average molecular weight is 443 g/mol. The minimum absolute atomic E-state index is 0.120. The number of sulfonamides is 1. The summed E-state index contributed by atoms with van der Waals surface area (Å²) in [4.78, 5) is 4.51. The standard InChI is InChI=1S/C20H34N4O5S/c1-5-21-20(23-15-9-11-24(12-10-15)30(26,27)6-2)22-14-18(25)17-13-16(28-3)7-8-19(17)29-4/h7-8,13,15,18,25H,5-6,9-12,14H2,1-4H3,(H2,21,22,23). The molecule has 1 unspecified atom stereocenters. The second-order valence-corrected chi connectivity index (χ2v) is 9.32. The molecule has 0 spiro atoms. The molecule has 3 N–H and O–H groups in total. The Morgan fingerprint density at radius 1 is 1.27 bits per heavy atom. The van der Waals surface area contributed by atoms with Crippen molar-refractivity contribution in [1.29, 1.82) is 0 Å². The number of rotatable bonds is 9. The molecule has 1 aromatic carbocycles. The van der Waals surface area contributed by atoms with Crippen LogP contribution in [0.15, 0.2) is 23.2 Å². The van der Waals surface area contributed by atoms with Gasteiger partial charge in [-0.1, -0.05) is 0 Å². The van der Waals surface area contributed by atoms with Crippen LogP contribution in [0.5, 0.6) is 11.5 Å². The molecule has 1 aliphatic rings. The second-order valence-electron chi connectivity index (χ2n) is 7.06. The van der Waals surface area contributed by atoms with Crippen molar-refractivity contribution in [2.75, 3.05) is 46.2 Å². The summed E-state index contributed by atoms with van der Waals surface area (Å²) in [5.41, 5.74) is 0.606. The molecule has 170 valence electrons. The van der Waals surface area contributed by atoms with Crippen LogP contribution in [0, 0.1) is 0 Å². The number of nitrogens with one attached hydrogen (secondary N) is 2. The Morgan fingerprint density at radius 2 is 1.97 bits per heavy atom. The van der Waals surface area contributed by atoms with Crippen molar-refractivity contribution in [2.45, 2.75) is 38.8 Å². The van der Waals surface area contributed by atoms with Gasteiger partial charge in [0.25, 0.3) is 0 Å². The lowest BCUT2D eigenvalue weighted by molar-refractivity contribution is 0.182. The van der Waals surface area contributed by atoms with E-state index in [0.717, 1.165) is 0 Å². The maximum absolute atomic E-state index is 12.0. The Kier molecular flexibility index (Phi) is 9.19. The third-order valence-corrected chi connectivity index (χ3v) is 7.00. The van der Waals surface area contributed by atoms with Crippen LogP contribution in [0.25, 0.3) is 0 Å². The van der Waals surface area contributed by atoms with Gasteiger partial charge in [0, 0.05) is 31.2 Å². The van der Waals surface area contributed by atoms with E-state index in [9.17, 15) is 13.5 Å². The van der Waals surface area contributed by atoms with Gasteiger partial charge in [0.05, 0.1) is 26.5 Å². The lowest BCUT2D eigenvalue weighted by atomic mass is 10.1. The van der Waals surface area contributed by atoms with E-state index >= 15 is 0 Å². The Balaban J connectivity index is 2.01. The maximum atomic E-state index is 12.0. The Hall–Kier alpha value is -2.04. The van der Waals surface area contributed by atoms with Crippen LogP contribution in [0.1, 0.15) is 38.4 Å². The van der Waals surface area contributed by atoms with Crippen LogP contribution in [0.2, 0.25) is 0 Å². The number of aliphatic imine (C=N–C) groups is 1. The van der Waals surface area contributed by atoms with Crippen LogP contribution in [-0.2, 0) is 10.0 Å². The van der Waals surface area contributed by atoms with Crippen LogP contribution >= 0.6 is 0 Å². The highest BCUT2D eigenvalue weighted by molar-refractivity contribution is 7.89. The molecule has 0 amide bonds. The number of aliphatic hydroxyl groups is 1. The topological polar surface area (TPSA) is 112 Å². The van der Waals surface area contributed by atoms with Crippen molar-refractivity contribution in [3.8, 4) is 11.5 Å². The number of piperidine rings is 1. The number of guanidine groups is 1. The monoisotopic (exact) mass is 442 g/mol. The smallest absolute Gasteiger partial charge is 0.213 e. The van der Waals surface area contributed by atoms with Crippen LogP contribution in [0.4, 0.5) is 0 Å². The van der Waals surface area contributed by atoms with E-state index in [1.165, 1.54) is 0 Å². The Bertz CT molecular complexity index is 807. The molecule has 1 atom stereocenters. The fourth-order valence-corrected chi connectivity index (χ4v) is 4.48. The lowest BCUT2D eigenvalue weighted by Crippen LogP contribution is -2.50. The number of hydrogen-bond acceptors (Lipinski definition) is 6. The van der Waals surface area contributed by atoms with Crippen LogP contribution in [0.3, 0.4) is 0 Å². The number of hydrogen-bond donors (Lipinski definition) is 3. The van der Waals surface area contributed by atoms with Crippen molar-refractivity contribution in [2.24, 2.45) is 4.99 Å². The zero-order valence-electron chi connectivity index (χ0n) is 18.2. The third-order valence-electron chi connectivity index (χ3n) is 5.12. The van der Waals surface area contributed by atoms with E-state index < -0.39 is 16.1 Å². The molecule has 1 saturated heterocycles. The van der Waals surface area contributed by atoms with Gasteiger partial charge in [0.1, 0.15) is 17.6 Å². The first-order chi connectivity index (χ1) is 14.3. The van der Waals surface area contributed by atoms with Gasteiger partial charge in [-0.05, 0) is 44.9 Å². The van der Waals surface area contributed by atoms with Crippen molar-refractivity contribution >= 4 is 16.0 Å². The normalized spacial score (nSPS) is 17.4. The first kappa shape index (κ1) is 24.2. The number of benzene rings is 1. The van der Waals surface area contributed by atoms with E-state index in [-0.39, 0.29) is 18.3 Å². The van der Waals surface area contributed by atoms with Crippen molar-refractivity contribution < 1.29 is 23.0 Å². The molecule has 0 aromatic heterocycles.